The van der Waals surface area contributed by atoms with Gasteiger partial charge >= 0.3 is 5.97 Å². The van der Waals surface area contributed by atoms with E-state index in [2.05, 4.69) is 5.32 Å². The lowest BCUT2D eigenvalue weighted by atomic mass is 9.99. The summed E-state index contributed by atoms with van der Waals surface area (Å²) in [6.07, 6.45) is 0. The highest BCUT2D eigenvalue weighted by atomic mass is 16.4. The summed E-state index contributed by atoms with van der Waals surface area (Å²) in [7, 11) is 0. The van der Waals surface area contributed by atoms with Crippen LogP contribution < -0.4 is 5.32 Å². The lowest BCUT2D eigenvalue weighted by Gasteiger charge is -2.11. The van der Waals surface area contributed by atoms with Crippen molar-refractivity contribution in [3.8, 4) is 0 Å². The van der Waals surface area contributed by atoms with Crippen LogP contribution >= 0.6 is 0 Å². The number of rotatable bonds is 4. The molecule has 0 aliphatic rings. The number of furan rings is 1. The Morgan fingerprint density at radius 1 is 1.09 bits per heavy atom. The monoisotopic (exact) mass is 301 g/mol. The summed E-state index contributed by atoms with van der Waals surface area (Å²) in [6, 6.07) is 5.36. The van der Waals surface area contributed by atoms with E-state index in [1.807, 2.05) is 32.9 Å². The van der Waals surface area contributed by atoms with Gasteiger partial charge in [0.1, 0.15) is 17.1 Å². The van der Waals surface area contributed by atoms with Gasteiger partial charge in [-0.3, -0.25) is 4.79 Å². The van der Waals surface area contributed by atoms with Crippen LogP contribution in [0.4, 0.5) is 0 Å². The molecule has 0 saturated carbocycles. The minimum atomic E-state index is -1.04. The van der Waals surface area contributed by atoms with Gasteiger partial charge in [-0.25, -0.2) is 4.79 Å². The molecule has 5 heteroatoms. The topological polar surface area (TPSA) is 79.5 Å². The summed E-state index contributed by atoms with van der Waals surface area (Å²) >= 11 is 0. The molecule has 2 N–H and O–H groups in total. The normalized spacial score (nSPS) is 10.5. The van der Waals surface area contributed by atoms with Gasteiger partial charge < -0.3 is 14.8 Å². The van der Waals surface area contributed by atoms with Gasteiger partial charge in [-0.05, 0) is 44.9 Å². The highest BCUT2D eigenvalue weighted by Gasteiger charge is 2.16. The number of hydrogen-bond acceptors (Lipinski definition) is 3. The maximum atomic E-state index is 12.3. The predicted molar refractivity (Wildman–Crippen MR) is 82.2 cm³/mol. The summed E-state index contributed by atoms with van der Waals surface area (Å²) in [6.45, 7) is 7.52. The third kappa shape index (κ3) is 3.19. The van der Waals surface area contributed by atoms with Crippen molar-refractivity contribution < 1.29 is 19.1 Å². The molecule has 0 aliphatic carbocycles. The van der Waals surface area contributed by atoms with Crippen LogP contribution in [-0.4, -0.2) is 17.0 Å². The molecule has 1 amide bonds. The number of carbonyl (C=O) groups is 2. The fourth-order valence-electron chi connectivity index (χ4n) is 2.64. The molecular weight excluding hydrogens is 282 g/mol. The third-order valence-electron chi connectivity index (χ3n) is 3.53. The molecule has 0 unspecified atom stereocenters. The summed E-state index contributed by atoms with van der Waals surface area (Å²) < 4.78 is 5.35. The second-order valence-electron chi connectivity index (χ2n) is 5.44. The first-order valence-electron chi connectivity index (χ1n) is 6.98. The average Bonchev–Trinajstić information content (AvgIpc) is 2.76. The second-order valence-corrected chi connectivity index (χ2v) is 5.44. The number of aryl methyl sites for hydroxylation is 4. The number of hydrogen-bond donors (Lipinski definition) is 2. The summed E-state index contributed by atoms with van der Waals surface area (Å²) in [4.78, 5) is 23.3. The van der Waals surface area contributed by atoms with Crippen molar-refractivity contribution in [2.45, 2.75) is 34.2 Å². The van der Waals surface area contributed by atoms with E-state index < -0.39 is 5.97 Å². The molecule has 0 spiro atoms. The predicted octanol–water partition coefficient (Wildman–Crippen LogP) is 3.14. The molecule has 1 aromatic carbocycles. The number of carboxylic acids is 1. The van der Waals surface area contributed by atoms with Crippen LogP contribution in [0.3, 0.4) is 0 Å². The molecular formula is C17H19NO4. The first-order valence-corrected chi connectivity index (χ1v) is 6.98. The first kappa shape index (κ1) is 15.8. The minimum absolute atomic E-state index is 0.118. The van der Waals surface area contributed by atoms with Gasteiger partial charge in [-0.1, -0.05) is 17.7 Å². The quantitative estimate of drug-likeness (QED) is 0.909. The highest BCUT2D eigenvalue weighted by Crippen LogP contribution is 2.17. The maximum absolute atomic E-state index is 12.3. The Morgan fingerprint density at radius 3 is 2.18 bits per heavy atom. The van der Waals surface area contributed by atoms with Gasteiger partial charge in [0.15, 0.2) is 0 Å². The van der Waals surface area contributed by atoms with Crippen molar-refractivity contribution in [2.75, 3.05) is 0 Å². The fourth-order valence-corrected chi connectivity index (χ4v) is 2.64. The Balaban J connectivity index is 2.14. The SMILES string of the molecule is Cc1cc(C)c(C(=O)NCc2cc(C(=O)O)c(C)o2)c(C)c1. The molecule has 0 fully saturated rings. The zero-order chi connectivity index (χ0) is 16.4. The lowest BCUT2D eigenvalue weighted by molar-refractivity contribution is 0.0694. The Kier molecular flexibility index (Phi) is 4.35. The van der Waals surface area contributed by atoms with Gasteiger partial charge in [0.25, 0.3) is 5.91 Å². The van der Waals surface area contributed by atoms with Crippen LogP contribution in [-0.2, 0) is 6.54 Å². The number of aromatic carboxylic acids is 1. The largest absolute Gasteiger partial charge is 0.478 e. The van der Waals surface area contributed by atoms with E-state index in [4.69, 9.17) is 9.52 Å². The summed E-state index contributed by atoms with van der Waals surface area (Å²) in [5.74, 6) is -0.477. The molecule has 0 atom stereocenters. The van der Waals surface area contributed by atoms with Gasteiger partial charge in [-0.2, -0.15) is 0 Å². The van der Waals surface area contributed by atoms with Crippen LogP contribution in [0.25, 0.3) is 0 Å². The van der Waals surface area contributed by atoms with Crippen LogP contribution in [0.5, 0.6) is 0 Å². The highest BCUT2D eigenvalue weighted by molar-refractivity contribution is 5.97. The van der Waals surface area contributed by atoms with Crippen molar-refractivity contribution in [1.29, 1.82) is 0 Å². The van der Waals surface area contributed by atoms with Crippen molar-refractivity contribution in [3.63, 3.8) is 0 Å². The first-order chi connectivity index (χ1) is 10.3. The Labute approximate surface area is 129 Å². The molecule has 116 valence electrons. The Hall–Kier alpha value is -2.56. The smallest absolute Gasteiger partial charge is 0.339 e. The number of amides is 1. The Morgan fingerprint density at radius 2 is 1.68 bits per heavy atom. The molecule has 2 aromatic rings. The van der Waals surface area contributed by atoms with Crippen molar-refractivity contribution in [1.82, 2.24) is 5.32 Å². The Bertz CT molecular complexity index is 720. The molecule has 5 nitrogen and oxygen atoms in total. The van der Waals surface area contributed by atoms with Crippen LogP contribution in [0.1, 0.15) is 48.9 Å². The van der Waals surface area contributed by atoms with Crippen LogP contribution in [0, 0.1) is 27.7 Å². The minimum Gasteiger partial charge on any atom is -0.478 e. The summed E-state index contributed by atoms with van der Waals surface area (Å²) in [5, 5.41) is 11.8. The number of carbonyl (C=O) groups excluding carboxylic acids is 1. The molecule has 0 radical (unpaired) electrons. The van der Waals surface area contributed by atoms with E-state index in [9.17, 15) is 9.59 Å². The zero-order valence-electron chi connectivity index (χ0n) is 13.1. The lowest BCUT2D eigenvalue weighted by Crippen LogP contribution is -2.24. The third-order valence-corrected chi connectivity index (χ3v) is 3.53. The van der Waals surface area contributed by atoms with E-state index >= 15 is 0 Å². The van der Waals surface area contributed by atoms with Gasteiger partial charge in [0.05, 0.1) is 6.54 Å². The molecule has 0 aliphatic heterocycles. The summed E-state index contributed by atoms with van der Waals surface area (Å²) in [5.41, 5.74) is 3.70. The van der Waals surface area contributed by atoms with E-state index in [1.54, 1.807) is 6.92 Å². The van der Waals surface area contributed by atoms with E-state index in [0.717, 1.165) is 16.7 Å². The maximum Gasteiger partial charge on any atom is 0.339 e. The van der Waals surface area contributed by atoms with Gasteiger partial charge in [-0.15, -0.1) is 0 Å². The van der Waals surface area contributed by atoms with E-state index in [1.165, 1.54) is 6.07 Å². The van der Waals surface area contributed by atoms with Gasteiger partial charge in [0, 0.05) is 5.56 Å². The van der Waals surface area contributed by atoms with E-state index in [0.29, 0.717) is 17.1 Å². The molecule has 2 rings (SSSR count). The van der Waals surface area contributed by atoms with Gasteiger partial charge in [0.2, 0.25) is 0 Å². The number of carboxylic acid groups (broad SMARTS) is 1. The van der Waals surface area contributed by atoms with Crippen molar-refractivity contribution in [2.24, 2.45) is 0 Å². The molecule has 1 aromatic heterocycles. The molecule has 1 heterocycles. The number of benzene rings is 1. The zero-order valence-corrected chi connectivity index (χ0v) is 13.1. The average molecular weight is 301 g/mol. The van der Waals surface area contributed by atoms with Crippen LogP contribution in [0.15, 0.2) is 22.6 Å². The molecule has 0 saturated heterocycles. The molecule has 22 heavy (non-hydrogen) atoms. The number of nitrogens with one attached hydrogen (secondary N) is 1. The molecule has 0 bridgehead atoms. The second kappa shape index (κ2) is 6.05. The van der Waals surface area contributed by atoms with E-state index in [-0.39, 0.29) is 18.0 Å². The van der Waals surface area contributed by atoms with Crippen molar-refractivity contribution >= 4 is 11.9 Å². The fraction of sp³-hybridized carbons (Fsp3) is 0.294. The van der Waals surface area contributed by atoms with Crippen molar-refractivity contribution in [3.05, 3.63) is 57.5 Å². The van der Waals surface area contributed by atoms with Crippen LogP contribution in [0.2, 0.25) is 0 Å². The standard InChI is InChI=1S/C17H19NO4/c1-9-5-10(2)15(11(3)6-9)16(19)18-8-13-7-14(17(20)21)12(4)22-13/h5-7H,8H2,1-4H3,(H,18,19)(H,20,21).